The maximum absolute atomic E-state index is 13.7. The van der Waals surface area contributed by atoms with E-state index in [-0.39, 0.29) is 35.6 Å². The molecule has 156 valence electrons. The van der Waals surface area contributed by atoms with Crippen LogP contribution in [0.4, 0.5) is 13.6 Å². The number of nitrogens with one attached hydrogen (secondary N) is 1. The molecule has 0 saturated heterocycles. The molecule has 0 saturated carbocycles. The van der Waals surface area contributed by atoms with E-state index in [1.807, 2.05) is 0 Å². The number of benzene rings is 2. The summed E-state index contributed by atoms with van der Waals surface area (Å²) in [4.78, 5) is 27.3. The van der Waals surface area contributed by atoms with Crippen LogP contribution < -0.4 is 15.6 Å². The highest BCUT2D eigenvalue weighted by molar-refractivity contribution is 9.10. The second kappa shape index (κ2) is 9.49. The van der Waals surface area contributed by atoms with E-state index in [0.29, 0.717) is 0 Å². The van der Waals surface area contributed by atoms with Crippen molar-refractivity contribution in [2.75, 3.05) is 0 Å². The lowest BCUT2D eigenvalue weighted by Gasteiger charge is -2.11. The number of aromatic nitrogens is 2. The largest absolute Gasteiger partial charge is 0.472 e. The zero-order chi connectivity index (χ0) is 21.7. The lowest BCUT2D eigenvalue weighted by molar-refractivity contribution is 0.194. The SMILES string of the molecule is O=C(O)NCc1cccc(Cn2cnc(OCc3ccc(F)cc3F)c(Br)c2=O)c1. The molecule has 0 atom stereocenters. The first-order chi connectivity index (χ1) is 14.3. The first kappa shape index (κ1) is 21.4. The number of ether oxygens (including phenoxy) is 1. The number of carboxylic acid groups (broad SMARTS) is 1. The van der Waals surface area contributed by atoms with Gasteiger partial charge in [-0.05, 0) is 39.2 Å². The summed E-state index contributed by atoms with van der Waals surface area (Å²) in [6.07, 6.45) is 0.173. The zero-order valence-electron chi connectivity index (χ0n) is 15.4. The fourth-order valence-corrected chi connectivity index (χ4v) is 3.10. The van der Waals surface area contributed by atoms with Crippen LogP contribution in [0.15, 0.2) is 58.1 Å². The molecule has 1 heterocycles. The van der Waals surface area contributed by atoms with E-state index < -0.39 is 23.3 Å². The van der Waals surface area contributed by atoms with Gasteiger partial charge in [-0.15, -0.1) is 0 Å². The molecule has 0 bridgehead atoms. The van der Waals surface area contributed by atoms with Crippen molar-refractivity contribution in [2.45, 2.75) is 19.7 Å². The van der Waals surface area contributed by atoms with E-state index in [1.165, 1.54) is 17.0 Å². The average molecular weight is 480 g/mol. The van der Waals surface area contributed by atoms with Gasteiger partial charge in [0.15, 0.2) is 0 Å². The van der Waals surface area contributed by atoms with Crippen LogP contribution in [0.3, 0.4) is 0 Å². The van der Waals surface area contributed by atoms with Gasteiger partial charge in [0.25, 0.3) is 5.56 Å². The third kappa shape index (κ3) is 5.41. The van der Waals surface area contributed by atoms with E-state index in [4.69, 9.17) is 9.84 Å². The molecule has 0 aliphatic carbocycles. The van der Waals surface area contributed by atoms with Crippen molar-refractivity contribution in [1.29, 1.82) is 0 Å². The van der Waals surface area contributed by atoms with E-state index in [2.05, 4.69) is 26.2 Å². The van der Waals surface area contributed by atoms with E-state index in [0.717, 1.165) is 23.3 Å². The number of halogens is 3. The number of hydrogen-bond donors (Lipinski definition) is 2. The Morgan fingerprint density at radius 2 is 1.97 bits per heavy atom. The molecule has 0 unspecified atom stereocenters. The highest BCUT2D eigenvalue weighted by Crippen LogP contribution is 2.20. The Balaban J connectivity index is 1.72. The van der Waals surface area contributed by atoms with Crippen LogP contribution >= 0.6 is 15.9 Å². The van der Waals surface area contributed by atoms with Crippen molar-refractivity contribution in [2.24, 2.45) is 0 Å². The Morgan fingerprint density at radius 3 is 2.70 bits per heavy atom. The number of amides is 1. The Kier molecular flexibility index (Phi) is 6.78. The number of rotatable bonds is 7. The van der Waals surface area contributed by atoms with Gasteiger partial charge < -0.3 is 15.2 Å². The van der Waals surface area contributed by atoms with Crippen molar-refractivity contribution in [1.82, 2.24) is 14.9 Å². The lowest BCUT2D eigenvalue weighted by atomic mass is 10.1. The molecular formula is C20H16BrF2N3O4. The molecule has 10 heteroatoms. The van der Waals surface area contributed by atoms with Crippen molar-refractivity contribution in [3.63, 3.8) is 0 Å². The maximum Gasteiger partial charge on any atom is 0.404 e. The summed E-state index contributed by atoms with van der Waals surface area (Å²) in [5.41, 5.74) is 1.24. The summed E-state index contributed by atoms with van der Waals surface area (Å²) in [5.74, 6) is -1.46. The normalized spacial score (nSPS) is 10.6. The summed E-state index contributed by atoms with van der Waals surface area (Å²) in [6, 6.07) is 10.2. The van der Waals surface area contributed by atoms with Crippen molar-refractivity contribution in [3.8, 4) is 5.88 Å². The van der Waals surface area contributed by atoms with Gasteiger partial charge >= 0.3 is 6.09 Å². The summed E-state index contributed by atoms with van der Waals surface area (Å²) < 4.78 is 33.5. The predicted octanol–water partition coefficient (Wildman–Crippen LogP) is 3.68. The first-order valence-electron chi connectivity index (χ1n) is 8.70. The standard InChI is InChI=1S/C20H16BrF2N3O4/c21-17-18(30-10-14-4-5-15(22)7-16(14)23)25-11-26(19(17)27)9-13-3-1-2-12(6-13)8-24-20(28)29/h1-7,11,24H,8-10H2,(H,28,29). The molecule has 0 aliphatic rings. The minimum atomic E-state index is -1.12. The van der Waals surface area contributed by atoms with Crippen LogP contribution in [0.5, 0.6) is 5.88 Å². The molecule has 0 fully saturated rings. The molecular weight excluding hydrogens is 464 g/mol. The fourth-order valence-electron chi connectivity index (χ4n) is 2.66. The third-order valence-electron chi connectivity index (χ3n) is 4.12. The Hall–Kier alpha value is -3.27. The second-order valence-corrected chi connectivity index (χ2v) is 7.09. The monoisotopic (exact) mass is 479 g/mol. The summed E-state index contributed by atoms with van der Waals surface area (Å²) in [5, 5.41) is 11.0. The van der Waals surface area contributed by atoms with Crippen LogP contribution in [0.2, 0.25) is 0 Å². The molecule has 1 aromatic heterocycles. The molecule has 30 heavy (non-hydrogen) atoms. The Morgan fingerprint density at radius 1 is 1.20 bits per heavy atom. The van der Waals surface area contributed by atoms with Crippen LogP contribution in [0.1, 0.15) is 16.7 Å². The van der Waals surface area contributed by atoms with Gasteiger partial charge in [-0.1, -0.05) is 24.3 Å². The van der Waals surface area contributed by atoms with E-state index in [1.54, 1.807) is 24.3 Å². The van der Waals surface area contributed by atoms with Gasteiger partial charge in [0.05, 0.1) is 6.54 Å². The molecule has 3 aromatic rings. The Labute approximate surface area is 178 Å². The van der Waals surface area contributed by atoms with Gasteiger partial charge in [0.1, 0.15) is 29.0 Å². The molecule has 0 aliphatic heterocycles. The quantitative estimate of drug-likeness (QED) is 0.539. The van der Waals surface area contributed by atoms with E-state index >= 15 is 0 Å². The molecule has 1 amide bonds. The summed E-state index contributed by atoms with van der Waals surface area (Å²) in [7, 11) is 0. The molecule has 7 nitrogen and oxygen atoms in total. The predicted molar refractivity (Wildman–Crippen MR) is 107 cm³/mol. The zero-order valence-corrected chi connectivity index (χ0v) is 17.0. The van der Waals surface area contributed by atoms with Crippen molar-refractivity contribution in [3.05, 3.63) is 91.9 Å². The molecule has 2 aromatic carbocycles. The molecule has 0 radical (unpaired) electrons. The highest BCUT2D eigenvalue weighted by atomic mass is 79.9. The van der Waals surface area contributed by atoms with E-state index in [9.17, 15) is 18.4 Å². The third-order valence-corrected chi connectivity index (χ3v) is 4.80. The lowest BCUT2D eigenvalue weighted by Crippen LogP contribution is -2.23. The first-order valence-corrected chi connectivity index (χ1v) is 9.49. The number of carbonyl (C=O) groups is 1. The smallest absolute Gasteiger partial charge is 0.404 e. The summed E-state index contributed by atoms with van der Waals surface area (Å²) >= 11 is 3.15. The van der Waals surface area contributed by atoms with Gasteiger partial charge in [-0.2, -0.15) is 0 Å². The summed E-state index contributed by atoms with van der Waals surface area (Å²) in [6.45, 7) is 0.130. The topological polar surface area (TPSA) is 93.5 Å². The van der Waals surface area contributed by atoms with Crippen molar-refractivity contribution < 1.29 is 23.4 Å². The van der Waals surface area contributed by atoms with Gasteiger partial charge in [-0.25, -0.2) is 18.6 Å². The van der Waals surface area contributed by atoms with Crippen molar-refractivity contribution >= 4 is 22.0 Å². The number of hydrogen-bond acceptors (Lipinski definition) is 4. The number of nitrogens with zero attached hydrogens (tertiary/aromatic N) is 2. The Bertz CT molecular complexity index is 1140. The molecule has 3 rings (SSSR count). The minimum Gasteiger partial charge on any atom is -0.472 e. The fraction of sp³-hybridized carbons (Fsp3) is 0.150. The van der Waals surface area contributed by atoms with Crippen LogP contribution in [-0.4, -0.2) is 20.8 Å². The van der Waals surface area contributed by atoms with Crippen LogP contribution in [-0.2, 0) is 19.7 Å². The van der Waals surface area contributed by atoms with Gasteiger partial charge in [-0.3, -0.25) is 9.36 Å². The highest BCUT2D eigenvalue weighted by Gasteiger charge is 2.13. The maximum atomic E-state index is 13.7. The molecule has 2 N–H and O–H groups in total. The minimum absolute atomic E-state index is 0.0145. The molecule has 0 spiro atoms. The van der Waals surface area contributed by atoms with Gasteiger partial charge in [0.2, 0.25) is 5.88 Å². The van der Waals surface area contributed by atoms with Crippen LogP contribution in [0.25, 0.3) is 0 Å². The second-order valence-electron chi connectivity index (χ2n) is 6.30. The van der Waals surface area contributed by atoms with Gasteiger partial charge in [0, 0.05) is 18.2 Å². The average Bonchev–Trinajstić information content (AvgIpc) is 2.71. The van der Waals surface area contributed by atoms with Crippen LogP contribution in [0, 0.1) is 11.6 Å².